The number of hydrogen-bond donors (Lipinski definition) is 2. The maximum atomic E-state index is 10.9. The number of carbonyl (C=O) groups excluding carboxylic acids is 1. The molecule has 0 saturated heterocycles. The number of hydrogen-bond acceptors (Lipinski definition) is 5. The second-order valence-corrected chi connectivity index (χ2v) is 4.95. The predicted octanol–water partition coefficient (Wildman–Crippen LogP) is 1.32. The Labute approximate surface area is 96.0 Å². The van der Waals surface area contributed by atoms with Gasteiger partial charge in [0.2, 0.25) is 0 Å². The summed E-state index contributed by atoms with van der Waals surface area (Å²) >= 11 is 0. The molecule has 0 fully saturated rings. The fourth-order valence-corrected chi connectivity index (χ4v) is 1.79. The van der Waals surface area contributed by atoms with Gasteiger partial charge in [0, 0.05) is 12.0 Å². The van der Waals surface area contributed by atoms with Crippen LogP contribution < -0.4 is 6.15 Å². The van der Waals surface area contributed by atoms with Gasteiger partial charge in [0.1, 0.15) is 0 Å². The number of carbonyl (C=O) groups is 1. The Morgan fingerprint density at radius 3 is 2.31 bits per heavy atom. The Balaban J connectivity index is 0. The average molecular weight is 253 g/mol. The molecule has 0 saturated carbocycles. The molecule has 0 heterocycles. The standard InChI is InChI=1S/C9H16O5S.H3N/c1-4-8(15(11,12)13)5-6-14-9(10)7(2)3;/h8H,2,4-6H2,1,3H3,(H,11,12,13);1H3. The van der Waals surface area contributed by atoms with Crippen molar-refractivity contribution in [3.05, 3.63) is 12.2 Å². The van der Waals surface area contributed by atoms with E-state index in [1.165, 1.54) is 6.92 Å². The van der Waals surface area contributed by atoms with E-state index in [4.69, 9.17) is 9.29 Å². The van der Waals surface area contributed by atoms with Gasteiger partial charge >= 0.3 is 5.97 Å². The van der Waals surface area contributed by atoms with Crippen molar-refractivity contribution < 1.29 is 22.5 Å². The van der Waals surface area contributed by atoms with Gasteiger partial charge in [-0.2, -0.15) is 8.42 Å². The Kier molecular flexibility index (Phi) is 8.05. The van der Waals surface area contributed by atoms with E-state index in [1.807, 2.05) is 0 Å². The van der Waals surface area contributed by atoms with Crippen LogP contribution in [0.4, 0.5) is 0 Å². The lowest BCUT2D eigenvalue weighted by Crippen LogP contribution is -2.22. The molecular formula is C9H19NO5S. The van der Waals surface area contributed by atoms with Crippen LogP contribution in [-0.4, -0.2) is 30.8 Å². The van der Waals surface area contributed by atoms with Gasteiger partial charge in [0.25, 0.3) is 10.1 Å². The van der Waals surface area contributed by atoms with Crippen molar-refractivity contribution in [2.24, 2.45) is 0 Å². The van der Waals surface area contributed by atoms with Gasteiger partial charge < -0.3 is 10.9 Å². The van der Waals surface area contributed by atoms with Crippen LogP contribution in [0.1, 0.15) is 26.7 Å². The van der Waals surface area contributed by atoms with Gasteiger partial charge in [0.15, 0.2) is 0 Å². The minimum Gasteiger partial charge on any atom is -0.462 e. The molecule has 0 rings (SSSR count). The fourth-order valence-electron chi connectivity index (χ4n) is 0.970. The first kappa shape index (κ1) is 17.5. The molecule has 1 unspecified atom stereocenters. The van der Waals surface area contributed by atoms with Crippen LogP contribution in [0.3, 0.4) is 0 Å². The molecule has 0 aromatic heterocycles. The molecule has 0 aliphatic rings. The van der Waals surface area contributed by atoms with Crippen molar-refractivity contribution in [2.45, 2.75) is 31.9 Å². The monoisotopic (exact) mass is 253 g/mol. The zero-order valence-corrected chi connectivity index (χ0v) is 10.4. The van der Waals surface area contributed by atoms with E-state index in [1.54, 1.807) is 6.92 Å². The number of rotatable bonds is 6. The maximum Gasteiger partial charge on any atom is 0.333 e. The van der Waals surface area contributed by atoms with Crippen LogP contribution in [0.2, 0.25) is 0 Å². The second-order valence-electron chi connectivity index (χ2n) is 3.25. The van der Waals surface area contributed by atoms with Crippen LogP contribution >= 0.6 is 0 Å². The van der Waals surface area contributed by atoms with E-state index in [9.17, 15) is 13.2 Å². The Morgan fingerprint density at radius 1 is 1.50 bits per heavy atom. The quantitative estimate of drug-likeness (QED) is 0.419. The Bertz CT molecular complexity index is 336. The summed E-state index contributed by atoms with van der Waals surface area (Å²) in [5.41, 5.74) is 0.259. The van der Waals surface area contributed by atoms with Crippen molar-refractivity contribution in [1.29, 1.82) is 0 Å². The van der Waals surface area contributed by atoms with Crippen LogP contribution in [0.15, 0.2) is 12.2 Å². The fraction of sp³-hybridized carbons (Fsp3) is 0.667. The highest BCUT2D eigenvalue weighted by atomic mass is 32.2. The molecule has 6 nitrogen and oxygen atoms in total. The van der Waals surface area contributed by atoms with E-state index in [0.717, 1.165) is 0 Å². The van der Waals surface area contributed by atoms with Gasteiger partial charge in [-0.3, -0.25) is 4.55 Å². The molecule has 96 valence electrons. The molecule has 16 heavy (non-hydrogen) atoms. The van der Waals surface area contributed by atoms with Crippen molar-refractivity contribution in [2.75, 3.05) is 6.61 Å². The average Bonchev–Trinajstić information content (AvgIpc) is 2.09. The zero-order valence-electron chi connectivity index (χ0n) is 9.60. The number of esters is 1. The minimum atomic E-state index is -4.05. The smallest absolute Gasteiger partial charge is 0.333 e. The largest absolute Gasteiger partial charge is 0.462 e. The van der Waals surface area contributed by atoms with E-state index >= 15 is 0 Å². The van der Waals surface area contributed by atoms with Gasteiger partial charge in [-0.1, -0.05) is 13.5 Å². The molecule has 0 radical (unpaired) electrons. The van der Waals surface area contributed by atoms with Crippen molar-refractivity contribution in [3.63, 3.8) is 0 Å². The highest BCUT2D eigenvalue weighted by molar-refractivity contribution is 7.86. The predicted molar refractivity (Wildman–Crippen MR) is 61.0 cm³/mol. The summed E-state index contributed by atoms with van der Waals surface area (Å²) in [5, 5.41) is -0.879. The molecule has 0 spiro atoms. The molecule has 0 bridgehead atoms. The Morgan fingerprint density at radius 2 is 2.00 bits per heavy atom. The first-order valence-electron chi connectivity index (χ1n) is 4.58. The lowest BCUT2D eigenvalue weighted by molar-refractivity contribution is -0.139. The molecule has 0 aliphatic heterocycles. The van der Waals surface area contributed by atoms with Crippen LogP contribution in [0.25, 0.3) is 0 Å². The van der Waals surface area contributed by atoms with E-state index in [0.29, 0.717) is 0 Å². The third-order valence-electron chi connectivity index (χ3n) is 1.90. The lowest BCUT2D eigenvalue weighted by Gasteiger charge is -2.11. The summed E-state index contributed by atoms with van der Waals surface area (Å²) in [7, 11) is -4.05. The highest BCUT2D eigenvalue weighted by Gasteiger charge is 2.21. The number of ether oxygens (including phenoxy) is 1. The lowest BCUT2D eigenvalue weighted by atomic mass is 10.2. The minimum absolute atomic E-state index is 0. The topological polar surface area (TPSA) is 116 Å². The summed E-state index contributed by atoms with van der Waals surface area (Å²) in [6.45, 7) is 6.48. The van der Waals surface area contributed by atoms with Gasteiger partial charge in [-0.05, 0) is 13.3 Å². The zero-order chi connectivity index (χ0) is 12.1. The molecular weight excluding hydrogens is 234 g/mol. The van der Waals surface area contributed by atoms with Crippen LogP contribution in [-0.2, 0) is 19.6 Å². The molecule has 0 aliphatic carbocycles. The van der Waals surface area contributed by atoms with Crippen LogP contribution in [0.5, 0.6) is 0 Å². The molecule has 7 heteroatoms. The Hall–Kier alpha value is -0.920. The summed E-state index contributed by atoms with van der Waals surface area (Å²) in [6.07, 6.45) is 0.373. The molecule has 0 aromatic rings. The van der Waals surface area contributed by atoms with Gasteiger partial charge in [-0.15, -0.1) is 0 Å². The molecule has 0 amide bonds. The third-order valence-corrected chi connectivity index (χ3v) is 3.31. The molecule has 0 aromatic carbocycles. The van der Waals surface area contributed by atoms with Gasteiger partial charge in [-0.25, -0.2) is 4.79 Å². The van der Waals surface area contributed by atoms with E-state index in [-0.39, 0.29) is 31.2 Å². The highest BCUT2D eigenvalue weighted by Crippen LogP contribution is 2.09. The van der Waals surface area contributed by atoms with Gasteiger partial charge in [0.05, 0.1) is 11.9 Å². The maximum absolute atomic E-state index is 10.9. The first-order valence-corrected chi connectivity index (χ1v) is 6.08. The van der Waals surface area contributed by atoms with E-state index < -0.39 is 21.3 Å². The van der Waals surface area contributed by atoms with Crippen molar-refractivity contribution >= 4 is 16.1 Å². The first-order chi connectivity index (χ1) is 6.79. The third kappa shape index (κ3) is 6.54. The summed E-state index contributed by atoms with van der Waals surface area (Å²) < 4.78 is 35.0. The molecule has 1 atom stereocenters. The van der Waals surface area contributed by atoms with Crippen molar-refractivity contribution in [1.82, 2.24) is 6.15 Å². The normalized spacial score (nSPS) is 12.4. The summed E-state index contributed by atoms with van der Waals surface area (Å²) in [5.74, 6) is -0.555. The second kappa shape index (κ2) is 7.37. The SMILES string of the molecule is C=C(C)C(=O)OCCC(CC)S(=O)(=O)O.N. The summed E-state index contributed by atoms with van der Waals surface area (Å²) in [4.78, 5) is 10.9. The van der Waals surface area contributed by atoms with E-state index in [2.05, 4.69) is 6.58 Å². The van der Waals surface area contributed by atoms with Crippen LogP contribution in [0, 0.1) is 0 Å². The van der Waals surface area contributed by atoms with Crippen molar-refractivity contribution in [3.8, 4) is 0 Å². The summed E-state index contributed by atoms with van der Waals surface area (Å²) in [6, 6.07) is 0. The molecule has 4 N–H and O–H groups in total.